The second kappa shape index (κ2) is 7.87. The zero-order chi connectivity index (χ0) is 19.6. The van der Waals surface area contributed by atoms with Gasteiger partial charge in [0.1, 0.15) is 12.2 Å². The van der Waals surface area contributed by atoms with Gasteiger partial charge < -0.3 is 10.0 Å². The van der Waals surface area contributed by atoms with Gasteiger partial charge in [-0.3, -0.25) is 9.69 Å². The first kappa shape index (κ1) is 19.6. The second-order valence-electron chi connectivity index (χ2n) is 8.63. The molecular formula is C21H29FN2O3. The Kier molecular flexibility index (Phi) is 5.72. The topological polar surface area (TPSA) is 60.9 Å². The molecule has 1 aliphatic carbocycles. The molecule has 2 unspecified atom stereocenters. The quantitative estimate of drug-likeness (QED) is 0.861. The number of carbonyl (C=O) groups is 2. The molecule has 0 radical (unpaired) electrons. The van der Waals surface area contributed by atoms with E-state index in [2.05, 4.69) is 13.8 Å². The van der Waals surface area contributed by atoms with Crippen molar-refractivity contribution in [3.63, 3.8) is 0 Å². The third-order valence-electron chi connectivity index (χ3n) is 6.01. The molecule has 0 aromatic heterocycles. The number of nitrogens with zero attached hydrogens (tertiary/aromatic N) is 2. The van der Waals surface area contributed by atoms with E-state index >= 15 is 0 Å². The Hall–Kier alpha value is -2.11. The van der Waals surface area contributed by atoms with E-state index in [1.165, 1.54) is 0 Å². The molecule has 148 valence electrons. The molecule has 0 bridgehead atoms. The van der Waals surface area contributed by atoms with Crippen molar-refractivity contribution in [1.82, 2.24) is 9.80 Å². The Balaban J connectivity index is 1.82. The third kappa shape index (κ3) is 4.60. The summed E-state index contributed by atoms with van der Waals surface area (Å²) in [6.45, 7) is 4.70. The van der Waals surface area contributed by atoms with Crippen molar-refractivity contribution in [2.24, 2.45) is 5.41 Å². The smallest absolute Gasteiger partial charge is 0.408 e. The van der Waals surface area contributed by atoms with Crippen LogP contribution >= 0.6 is 0 Å². The van der Waals surface area contributed by atoms with Crippen molar-refractivity contribution in [1.29, 1.82) is 0 Å². The van der Waals surface area contributed by atoms with Crippen molar-refractivity contribution in [3.05, 3.63) is 35.9 Å². The number of likely N-dealkylation sites (tertiary alicyclic amines) is 1. The number of rotatable bonds is 4. The highest BCUT2D eigenvalue weighted by molar-refractivity contribution is 5.86. The van der Waals surface area contributed by atoms with Gasteiger partial charge in [0, 0.05) is 19.0 Å². The lowest BCUT2D eigenvalue weighted by atomic mass is 9.75. The van der Waals surface area contributed by atoms with E-state index < -0.39 is 18.3 Å². The minimum Gasteiger partial charge on any atom is -0.465 e. The van der Waals surface area contributed by atoms with Gasteiger partial charge in [-0.25, -0.2) is 9.18 Å². The normalized spacial score (nSPS) is 25.4. The van der Waals surface area contributed by atoms with Gasteiger partial charge in [-0.15, -0.1) is 0 Å². The van der Waals surface area contributed by atoms with Crippen LogP contribution in [0.15, 0.2) is 30.3 Å². The van der Waals surface area contributed by atoms with Crippen LogP contribution in [0, 0.1) is 5.41 Å². The van der Waals surface area contributed by atoms with Crippen LogP contribution in [0.5, 0.6) is 0 Å². The van der Waals surface area contributed by atoms with E-state index in [4.69, 9.17) is 0 Å². The Morgan fingerprint density at radius 2 is 1.85 bits per heavy atom. The molecule has 1 saturated heterocycles. The molecule has 2 amide bonds. The van der Waals surface area contributed by atoms with Crippen LogP contribution in [-0.2, 0) is 11.3 Å². The summed E-state index contributed by atoms with van der Waals surface area (Å²) in [4.78, 5) is 27.6. The van der Waals surface area contributed by atoms with Crippen LogP contribution in [0.3, 0.4) is 0 Å². The van der Waals surface area contributed by atoms with Crippen LogP contribution in [0.25, 0.3) is 0 Å². The number of alkyl halides is 1. The summed E-state index contributed by atoms with van der Waals surface area (Å²) in [5.74, 6) is -0.258. The van der Waals surface area contributed by atoms with Gasteiger partial charge >= 0.3 is 6.09 Å². The SMILES string of the molecule is CC1(C)CCC(N(Cc2ccccc2)C(=O)C2CC(F)CN2C(=O)O)CC1. The van der Waals surface area contributed by atoms with E-state index in [1.807, 2.05) is 35.2 Å². The minimum atomic E-state index is -1.28. The number of carboxylic acid groups (broad SMARTS) is 1. The maximum absolute atomic E-state index is 13.9. The van der Waals surface area contributed by atoms with Gasteiger partial charge in [0.2, 0.25) is 5.91 Å². The summed E-state index contributed by atoms with van der Waals surface area (Å²) in [6, 6.07) is 8.87. The number of carbonyl (C=O) groups excluding carboxylic acids is 1. The fourth-order valence-corrected chi connectivity index (χ4v) is 4.28. The molecule has 2 aliphatic rings. The van der Waals surface area contributed by atoms with Crippen molar-refractivity contribution in [3.8, 4) is 0 Å². The summed E-state index contributed by atoms with van der Waals surface area (Å²) >= 11 is 0. The molecule has 1 aromatic rings. The first-order valence-electron chi connectivity index (χ1n) is 9.75. The first-order chi connectivity index (χ1) is 12.8. The number of hydrogen-bond donors (Lipinski definition) is 1. The predicted octanol–water partition coefficient (Wildman–Crippen LogP) is 4.07. The lowest BCUT2D eigenvalue weighted by molar-refractivity contribution is -0.140. The zero-order valence-electron chi connectivity index (χ0n) is 16.1. The van der Waals surface area contributed by atoms with E-state index in [1.54, 1.807) is 0 Å². The van der Waals surface area contributed by atoms with Crippen molar-refractivity contribution in [2.45, 2.75) is 70.8 Å². The molecule has 1 aliphatic heterocycles. The summed E-state index contributed by atoms with van der Waals surface area (Å²) in [6.07, 6.45) is 1.28. The zero-order valence-corrected chi connectivity index (χ0v) is 16.1. The number of benzene rings is 1. The largest absolute Gasteiger partial charge is 0.465 e. The summed E-state index contributed by atoms with van der Waals surface area (Å²) in [5.41, 5.74) is 1.27. The maximum atomic E-state index is 13.9. The Labute approximate surface area is 160 Å². The molecule has 6 heteroatoms. The predicted molar refractivity (Wildman–Crippen MR) is 101 cm³/mol. The molecule has 1 aromatic carbocycles. The highest BCUT2D eigenvalue weighted by Crippen LogP contribution is 2.38. The minimum absolute atomic E-state index is 0.0470. The molecule has 2 atom stereocenters. The van der Waals surface area contributed by atoms with Gasteiger partial charge in [-0.1, -0.05) is 44.2 Å². The summed E-state index contributed by atoms with van der Waals surface area (Å²) in [7, 11) is 0. The van der Waals surface area contributed by atoms with Crippen LogP contribution in [0.2, 0.25) is 0 Å². The van der Waals surface area contributed by atoms with E-state index in [-0.39, 0.29) is 30.3 Å². The van der Waals surface area contributed by atoms with E-state index in [9.17, 15) is 19.1 Å². The van der Waals surface area contributed by atoms with Gasteiger partial charge in [0.15, 0.2) is 0 Å². The lowest BCUT2D eigenvalue weighted by Gasteiger charge is -2.41. The van der Waals surface area contributed by atoms with Gasteiger partial charge in [-0.05, 0) is 36.7 Å². The maximum Gasteiger partial charge on any atom is 0.408 e. The van der Waals surface area contributed by atoms with Crippen LogP contribution in [0.4, 0.5) is 9.18 Å². The summed E-state index contributed by atoms with van der Waals surface area (Å²) < 4.78 is 13.9. The highest BCUT2D eigenvalue weighted by atomic mass is 19.1. The molecule has 2 fully saturated rings. The molecule has 3 rings (SSSR count). The Morgan fingerprint density at radius 3 is 2.44 bits per heavy atom. The van der Waals surface area contributed by atoms with Crippen LogP contribution < -0.4 is 0 Å². The number of halogens is 1. The first-order valence-corrected chi connectivity index (χ1v) is 9.75. The van der Waals surface area contributed by atoms with Gasteiger partial charge in [0.25, 0.3) is 0 Å². The number of hydrogen-bond acceptors (Lipinski definition) is 2. The average Bonchev–Trinajstić information content (AvgIpc) is 3.02. The highest BCUT2D eigenvalue weighted by Gasteiger charge is 2.43. The molecule has 5 nitrogen and oxygen atoms in total. The van der Waals surface area contributed by atoms with Crippen molar-refractivity contribution in [2.75, 3.05) is 6.54 Å². The molecule has 1 N–H and O–H groups in total. The molecule has 1 heterocycles. The average molecular weight is 376 g/mol. The Bertz CT molecular complexity index is 669. The standard InChI is InChI=1S/C21H29FN2O3/c1-21(2)10-8-17(9-11-21)23(13-15-6-4-3-5-7-15)19(25)18-12-16(22)14-24(18)20(26)27/h3-7,16-18H,8-14H2,1-2H3,(H,26,27). The third-order valence-corrected chi connectivity index (χ3v) is 6.01. The molecular weight excluding hydrogens is 347 g/mol. The van der Waals surface area contributed by atoms with Gasteiger partial charge in [0.05, 0.1) is 6.54 Å². The summed E-state index contributed by atoms with van der Waals surface area (Å²) in [5, 5.41) is 9.39. The van der Waals surface area contributed by atoms with Crippen LogP contribution in [-0.4, -0.2) is 51.7 Å². The fraction of sp³-hybridized carbons (Fsp3) is 0.619. The van der Waals surface area contributed by atoms with Crippen LogP contribution in [0.1, 0.15) is 51.5 Å². The van der Waals surface area contributed by atoms with Gasteiger partial charge in [-0.2, -0.15) is 0 Å². The molecule has 27 heavy (non-hydrogen) atoms. The fourth-order valence-electron chi connectivity index (χ4n) is 4.28. The van der Waals surface area contributed by atoms with E-state index in [0.29, 0.717) is 6.54 Å². The lowest BCUT2D eigenvalue weighted by Crippen LogP contribution is -2.51. The van der Waals surface area contributed by atoms with Crippen molar-refractivity contribution >= 4 is 12.0 Å². The number of amides is 2. The monoisotopic (exact) mass is 376 g/mol. The Morgan fingerprint density at radius 1 is 1.22 bits per heavy atom. The molecule has 1 saturated carbocycles. The van der Waals surface area contributed by atoms with Crippen molar-refractivity contribution < 1.29 is 19.1 Å². The molecule has 0 spiro atoms. The second-order valence-corrected chi connectivity index (χ2v) is 8.63. The van der Waals surface area contributed by atoms with E-state index in [0.717, 1.165) is 36.1 Å².